The number of aliphatic hydroxyl groups excluding tert-OH is 1. The molecule has 31 heavy (non-hydrogen) atoms. The number of nitrogens with zero attached hydrogens (tertiary/aromatic N) is 1. The van der Waals surface area contributed by atoms with Crippen molar-refractivity contribution in [2.45, 2.75) is 13.3 Å². The van der Waals surface area contributed by atoms with E-state index in [0.717, 1.165) is 4.47 Å². The number of aliphatic hydroxyl groups is 1. The normalized spacial score (nSPS) is 11.7. The fourth-order valence-corrected chi connectivity index (χ4v) is 3.10. The number of rotatable bonds is 7. The van der Waals surface area contributed by atoms with Gasteiger partial charge in [0.05, 0.1) is 12.3 Å². The van der Waals surface area contributed by atoms with Gasteiger partial charge in [0, 0.05) is 34.4 Å². The molecule has 6 nitrogen and oxygen atoms in total. The quantitative estimate of drug-likeness (QED) is 0.354. The molecule has 3 aromatic rings. The summed E-state index contributed by atoms with van der Waals surface area (Å²) in [6.07, 6.45) is -1.84. The van der Waals surface area contributed by atoms with Crippen molar-refractivity contribution >= 4 is 27.3 Å². The van der Waals surface area contributed by atoms with E-state index < -0.39 is 6.36 Å². The average molecular weight is 496 g/mol. The molecule has 0 aliphatic rings. The first kappa shape index (κ1) is 22.6. The first-order valence-electron chi connectivity index (χ1n) is 8.91. The molecule has 3 rings (SSSR count). The van der Waals surface area contributed by atoms with E-state index in [-0.39, 0.29) is 18.1 Å². The molecule has 0 fully saturated rings. The predicted octanol–water partition coefficient (Wildman–Crippen LogP) is 5.92. The van der Waals surface area contributed by atoms with Gasteiger partial charge in [0.2, 0.25) is 0 Å². The van der Waals surface area contributed by atoms with Crippen LogP contribution in [0.2, 0.25) is 0 Å². The van der Waals surface area contributed by atoms with Crippen molar-refractivity contribution in [1.82, 2.24) is 4.98 Å². The van der Waals surface area contributed by atoms with Crippen LogP contribution in [-0.4, -0.2) is 28.8 Å². The lowest BCUT2D eigenvalue weighted by molar-refractivity contribution is -0.274. The van der Waals surface area contributed by atoms with Crippen LogP contribution in [0.15, 0.2) is 63.6 Å². The van der Waals surface area contributed by atoms with Gasteiger partial charge < -0.3 is 25.0 Å². The number of aromatic nitrogens is 1. The Bertz CT molecular complexity index is 1110. The largest absolute Gasteiger partial charge is 0.573 e. The minimum Gasteiger partial charge on any atom is -0.440 e. The maximum absolute atomic E-state index is 12.4. The van der Waals surface area contributed by atoms with Crippen LogP contribution in [0.1, 0.15) is 5.89 Å². The van der Waals surface area contributed by atoms with Gasteiger partial charge in [0.25, 0.3) is 0 Å². The third-order valence-electron chi connectivity index (χ3n) is 4.02. The van der Waals surface area contributed by atoms with Crippen molar-refractivity contribution < 1.29 is 27.4 Å². The summed E-state index contributed by atoms with van der Waals surface area (Å²) in [6, 6.07) is 10.8. The summed E-state index contributed by atoms with van der Waals surface area (Å²) in [7, 11) is 0. The second kappa shape index (κ2) is 9.36. The summed E-state index contributed by atoms with van der Waals surface area (Å²) < 4.78 is 47.8. The molecule has 10 heteroatoms. The molecule has 1 heterocycles. The second-order valence-electron chi connectivity index (χ2n) is 6.33. The SMILES string of the molecule is Cc1nc(-c2ccc(OC(F)(F)F)cc2)c(-c2cc(Br)ccc2N/C=C\C(=N)CO)o1. The molecule has 0 saturated heterocycles. The Morgan fingerprint density at radius 3 is 2.61 bits per heavy atom. The van der Waals surface area contributed by atoms with Crippen molar-refractivity contribution in [3.63, 3.8) is 0 Å². The molecule has 162 valence electrons. The Morgan fingerprint density at radius 2 is 1.97 bits per heavy atom. The minimum absolute atomic E-state index is 0.0310. The molecule has 0 amide bonds. The first-order valence-corrected chi connectivity index (χ1v) is 9.70. The van der Waals surface area contributed by atoms with Gasteiger partial charge in [-0.3, -0.25) is 0 Å². The molecule has 0 aliphatic heterocycles. The zero-order chi connectivity index (χ0) is 22.6. The van der Waals surface area contributed by atoms with Gasteiger partial charge in [-0.1, -0.05) is 15.9 Å². The van der Waals surface area contributed by atoms with E-state index in [1.54, 1.807) is 19.1 Å². The lowest BCUT2D eigenvalue weighted by Gasteiger charge is -2.11. The van der Waals surface area contributed by atoms with E-state index in [1.165, 1.54) is 36.5 Å². The zero-order valence-electron chi connectivity index (χ0n) is 16.1. The highest BCUT2D eigenvalue weighted by molar-refractivity contribution is 9.10. The van der Waals surface area contributed by atoms with Crippen LogP contribution in [0.25, 0.3) is 22.6 Å². The molecule has 3 N–H and O–H groups in total. The lowest BCUT2D eigenvalue weighted by Crippen LogP contribution is -2.16. The van der Waals surface area contributed by atoms with Gasteiger partial charge in [-0.15, -0.1) is 13.2 Å². The van der Waals surface area contributed by atoms with Crippen LogP contribution < -0.4 is 10.1 Å². The van der Waals surface area contributed by atoms with Crippen molar-refractivity contribution in [1.29, 1.82) is 5.41 Å². The van der Waals surface area contributed by atoms with Gasteiger partial charge in [-0.05, 0) is 48.5 Å². The second-order valence-corrected chi connectivity index (χ2v) is 7.25. The van der Waals surface area contributed by atoms with E-state index in [4.69, 9.17) is 14.9 Å². The molecule has 0 radical (unpaired) electrons. The van der Waals surface area contributed by atoms with Crippen molar-refractivity contribution in [3.8, 4) is 28.3 Å². The zero-order valence-corrected chi connectivity index (χ0v) is 17.7. The topological polar surface area (TPSA) is 91.4 Å². The van der Waals surface area contributed by atoms with Crippen molar-refractivity contribution in [2.75, 3.05) is 11.9 Å². The number of halogens is 4. The molecule has 0 saturated carbocycles. The Labute approximate surface area is 184 Å². The van der Waals surface area contributed by atoms with Crippen LogP contribution in [0.3, 0.4) is 0 Å². The number of hydrogen-bond acceptors (Lipinski definition) is 6. The molecule has 0 unspecified atom stereocenters. The molecule has 2 aromatic carbocycles. The van der Waals surface area contributed by atoms with E-state index >= 15 is 0 Å². The first-order chi connectivity index (χ1) is 14.7. The van der Waals surface area contributed by atoms with Gasteiger partial charge in [-0.25, -0.2) is 4.98 Å². The van der Waals surface area contributed by atoms with Gasteiger partial charge in [0.15, 0.2) is 11.7 Å². The molecule has 0 aliphatic carbocycles. The summed E-state index contributed by atoms with van der Waals surface area (Å²) in [5.41, 5.74) is 2.30. The molecule has 0 bridgehead atoms. The smallest absolute Gasteiger partial charge is 0.440 e. The van der Waals surface area contributed by atoms with E-state index in [0.29, 0.717) is 34.2 Å². The predicted molar refractivity (Wildman–Crippen MR) is 114 cm³/mol. The van der Waals surface area contributed by atoms with Crippen LogP contribution in [0, 0.1) is 12.3 Å². The highest BCUT2D eigenvalue weighted by atomic mass is 79.9. The van der Waals surface area contributed by atoms with Crippen molar-refractivity contribution in [3.05, 3.63) is 65.1 Å². The van der Waals surface area contributed by atoms with Crippen LogP contribution in [0.4, 0.5) is 18.9 Å². The average Bonchev–Trinajstić information content (AvgIpc) is 3.09. The maximum atomic E-state index is 12.4. The monoisotopic (exact) mass is 495 g/mol. The summed E-state index contributed by atoms with van der Waals surface area (Å²) in [6.45, 7) is 1.28. The summed E-state index contributed by atoms with van der Waals surface area (Å²) in [4.78, 5) is 4.40. The van der Waals surface area contributed by atoms with E-state index in [9.17, 15) is 13.2 Å². The maximum Gasteiger partial charge on any atom is 0.573 e. The number of alkyl halides is 3. The highest BCUT2D eigenvalue weighted by Gasteiger charge is 2.31. The fourth-order valence-electron chi connectivity index (χ4n) is 2.73. The van der Waals surface area contributed by atoms with Gasteiger partial charge in [0.1, 0.15) is 11.4 Å². The van der Waals surface area contributed by atoms with Crippen LogP contribution in [0.5, 0.6) is 5.75 Å². The number of ether oxygens (including phenoxy) is 1. The van der Waals surface area contributed by atoms with Gasteiger partial charge in [-0.2, -0.15) is 0 Å². The number of oxazole rings is 1. The lowest BCUT2D eigenvalue weighted by atomic mass is 10.0. The number of anilines is 1. The molecule has 0 spiro atoms. The number of hydrogen-bond donors (Lipinski definition) is 3. The Morgan fingerprint density at radius 1 is 1.26 bits per heavy atom. The molecular formula is C21H17BrF3N3O3. The fraction of sp³-hybridized carbons (Fsp3) is 0.143. The van der Waals surface area contributed by atoms with E-state index in [2.05, 4.69) is 31.0 Å². The van der Waals surface area contributed by atoms with E-state index in [1.807, 2.05) is 6.07 Å². The van der Waals surface area contributed by atoms with Crippen molar-refractivity contribution in [2.24, 2.45) is 0 Å². The van der Waals surface area contributed by atoms with Crippen LogP contribution >= 0.6 is 15.9 Å². The number of benzene rings is 2. The molecule has 1 aromatic heterocycles. The summed E-state index contributed by atoms with van der Waals surface area (Å²) >= 11 is 3.42. The Hall–Kier alpha value is -3.11. The molecule has 0 atom stereocenters. The highest BCUT2D eigenvalue weighted by Crippen LogP contribution is 2.39. The number of aryl methyl sites for hydroxylation is 1. The minimum atomic E-state index is -4.77. The summed E-state index contributed by atoms with van der Waals surface area (Å²) in [5, 5.41) is 19.5. The number of nitrogens with one attached hydrogen (secondary N) is 2. The van der Waals surface area contributed by atoms with Gasteiger partial charge >= 0.3 is 6.36 Å². The third kappa shape index (κ3) is 5.96. The Kier molecular flexibility index (Phi) is 6.81. The third-order valence-corrected chi connectivity index (χ3v) is 4.51. The van der Waals surface area contributed by atoms with Crippen LogP contribution in [-0.2, 0) is 0 Å². The standard InChI is InChI=1S/C21H17BrF3N3O3/c1-12-28-19(13-2-5-16(6-3-13)31-21(23,24)25)20(30-12)17-10-14(22)4-7-18(17)27-9-8-15(26)11-29/h2-10,26-27,29H,11H2,1H3/b9-8-,26-15?. The molecular weight excluding hydrogens is 479 g/mol. The Balaban J connectivity index is 1.99. The summed E-state index contributed by atoms with van der Waals surface area (Å²) in [5.74, 6) is 0.458.